The van der Waals surface area contributed by atoms with E-state index in [1.807, 2.05) is 39.8 Å². The molecule has 0 aliphatic rings. The van der Waals surface area contributed by atoms with Gasteiger partial charge in [-0.2, -0.15) is 0 Å². The van der Waals surface area contributed by atoms with Crippen molar-refractivity contribution in [2.75, 3.05) is 10.6 Å². The number of amides is 1. The lowest BCUT2D eigenvalue weighted by atomic mass is 9.81. The van der Waals surface area contributed by atoms with E-state index in [1.54, 1.807) is 25.1 Å². The molecule has 0 N–H and O–H groups in total. The molecule has 2 rings (SSSR count). The molecule has 1 aromatic carbocycles. The minimum Gasteiger partial charge on any atom is -0.273 e. The molecule has 0 aliphatic carbocycles. The van der Waals surface area contributed by atoms with Gasteiger partial charge < -0.3 is 0 Å². The summed E-state index contributed by atoms with van der Waals surface area (Å²) in [6.45, 7) is 9.41. The Morgan fingerprint density at radius 3 is 2.33 bits per heavy atom. The lowest BCUT2D eigenvalue weighted by Gasteiger charge is -2.31. The summed E-state index contributed by atoms with van der Waals surface area (Å²) < 4.78 is 25.5. The van der Waals surface area contributed by atoms with E-state index < -0.39 is 21.8 Å². The molecule has 130 valence electrons. The number of fused-ring (bicyclic) bond motifs is 1. The van der Waals surface area contributed by atoms with Crippen LogP contribution in [0.3, 0.4) is 0 Å². The Balaban J connectivity index is 2.57. The van der Waals surface area contributed by atoms with Crippen LogP contribution in [0.1, 0.15) is 33.4 Å². The molecule has 1 heterocycles. The Morgan fingerprint density at radius 1 is 1.17 bits per heavy atom. The molecule has 0 spiro atoms. The molecule has 1 amide bonds. The summed E-state index contributed by atoms with van der Waals surface area (Å²) in [5, 5.41) is 0.794. The Labute approximate surface area is 143 Å². The highest BCUT2D eigenvalue weighted by Gasteiger charge is 2.35. The first-order valence-corrected chi connectivity index (χ1v) is 9.67. The molecule has 0 fully saturated rings. The summed E-state index contributed by atoms with van der Waals surface area (Å²) in [5.74, 6) is -0.872. The molecule has 6 heteroatoms. The fourth-order valence-electron chi connectivity index (χ4n) is 2.37. The lowest BCUT2D eigenvalue weighted by molar-refractivity contribution is -0.123. The first kappa shape index (κ1) is 18.4. The average molecular weight is 348 g/mol. The fraction of sp³-hybridized carbons (Fsp3) is 0.444. The molecule has 0 saturated carbocycles. The summed E-state index contributed by atoms with van der Waals surface area (Å²) >= 11 is 0. The van der Waals surface area contributed by atoms with Crippen molar-refractivity contribution in [2.45, 2.75) is 34.6 Å². The van der Waals surface area contributed by atoms with E-state index in [0.717, 1.165) is 27.2 Å². The van der Waals surface area contributed by atoms with Crippen molar-refractivity contribution in [1.82, 2.24) is 4.98 Å². The summed E-state index contributed by atoms with van der Waals surface area (Å²) in [4.78, 5) is 17.3. The van der Waals surface area contributed by atoms with E-state index in [1.165, 1.54) is 0 Å². The summed E-state index contributed by atoms with van der Waals surface area (Å²) in [7, 11) is -3.74. The van der Waals surface area contributed by atoms with Crippen LogP contribution >= 0.6 is 0 Å². The molecule has 24 heavy (non-hydrogen) atoms. The number of carbonyl (C=O) groups is 1. The zero-order chi connectivity index (χ0) is 18.3. The Bertz CT molecular complexity index is 883. The number of hydrogen-bond acceptors (Lipinski definition) is 4. The summed E-state index contributed by atoms with van der Waals surface area (Å²) in [6, 6.07) is 8.79. The van der Waals surface area contributed by atoms with Gasteiger partial charge in [-0.1, -0.05) is 33.8 Å². The second-order valence-electron chi connectivity index (χ2n) is 7.28. The van der Waals surface area contributed by atoms with Gasteiger partial charge in [-0.3, -0.25) is 9.78 Å². The predicted molar refractivity (Wildman–Crippen MR) is 97.4 cm³/mol. The number of aromatic nitrogens is 1. The Hall–Kier alpha value is -1.95. The molecule has 1 atom stereocenters. The van der Waals surface area contributed by atoms with Gasteiger partial charge in [0.2, 0.25) is 15.9 Å². The Morgan fingerprint density at radius 2 is 1.79 bits per heavy atom. The van der Waals surface area contributed by atoms with Gasteiger partial charge in [0.25, 0.3) is 0 Å². The minimum absolute atomic E-state index is 0.338. The molecule has 1 aromatic heterocycles. The van der Waals surface area contributed by atoms with Gasteiger partial charge >= 0.3 is 0 Å². The highest BCUT2D eigenvalue weighted by molar-refractivity contribution is 7.92. The quantitative estimate of drug-likeness (QED) is 0.851. The molecule has 0 bridgehead atoms. The van der Waals surface area contributed by atoms with Crippen LogP contribution in [-0.2, 0) is 14.8 Å². The van der Waals surface area contributed by atoms with Crippen LogP contribution in [-0.4, -0.2) is 25.6 Å². The number of carbonyl (C=O) groups excluding carboxylic acids is 1. The van der Waals surface area contributed by atoms with Crippen molar-refractivity contribution in [3.63, 3.8) is 0 Å². The third-order valence-corrected chi connectivity index (χ3v) is 5.30. The number of anilines is 1. The smallest absolute Gasteiger partial charge is 0.244 e. The molecular weight excluding hydrogens is 324 g/mol. The van der Waals surface area contributed by atoms with Gasteiger partial charge in [0.1, 0.15) is 0 Å². The third kappa shape index (κ3) is 3.75. The van der Waals surface area contributed by atoms with Crippen molar-refractivity contribution < 1.29 is 13.2 Å². The number of hydrogen-bond donors (Lipinski definition) is 0. The van der Waals surface area contributed by atoms with Crippen molar-refractivity contribution >= 4 is 32.5 Å². The van der Waals surface area contributed by atoms with Crippen LogP contribution in [0, 0.1) is 18.3 Å². The average Bonchev–Trinajstić information content (AvgIpc) is 2.44. The van der Waals surface area contributed by atoms with E-state index in [2.05, 4.69) is 4.98 Å². The summed E-state index contributed by atoms with van der Waals surface area (Å²) in [6.07, 6.45) is 1.05. The van der Waals surface area contributed by atoms with Crippen LogP contribution < -0.4 is 4.31 Å². The first-order chi connectivity index (χ1) is 10.9. The van der Waals surface area contributed by atoms with E-state index in [4.69, 9.17) is 0 Å². The van der Waals surface area contributed by atoms with Gasteiger partial charge in [-0.05, 0) is 36.6 Å². The van der Waals surface area contributed by atoms with Crippen LogP contribution in [0.5, 0.6) is 0 Å². The maximum absolute atomic E-state index is 12.9. The van der Waals surface area contributed by atoms with E-state index in [9.17, 15) is 13.2 Å². The van der Waals surface area contributed by atoms with Crippen molar-refractivity contribution in [2.24, 2.45) is 11.3 Å². The van der Waals surface area contributed by atoms with Gasteiger partial charge in [0, 0.05) is 17.0 Å². The van der Waals surface area contributed by atoms with E-state index >= 15 is 0 Å². The molecule has 0 aliphatic heterocycles. The molecule has 2 aromatic rings. The number of rotatable bonds is 3. The molecule has 1 unspecified atom stereocenters. The lowest BCUT2D eigenvalue weighted by Crippen LogP contribution is -2.43. The van der Waals surface area contributed by atoms with Crippen LogP contribution in [0.15, 0.2) is 30.3 Å². The minimum atomic E-state index is -3.74. The third-order valence-electron chi connectivity index (χ3n) is 4.25. The SMILES string of the molecule is Cc1ccc2cc(N(C(=O)C(C)C(C)(C)C)S(C)(=O)=O)ccc2n1. The molecule has 5 nitrogen and oxygen atoms in total. The van der Waals surface area contributed by atoms with Crippen LogP contribution in [0.2, 0.25) is 0 Å². The number of aryl methyl sites for hydroxylation is 1. The number of pyridine rings is 1. The largest absolute Gasteiger partial charge is 0.273 e. The number of sulfonamides is 1. The van der Waals surface area contributed by atoms with Gasteiger partial charge in [-0.25, -0.2) is 12.7 Å². The van der Waals surface area contributed by atoms with Gasteiger partial charge in [-0.15, -0.1) is 0 Å². The van der Waals surface area contributed by atoms with E-state index in [0.29, 0.717) is 5.69 Å². The standard InChI is InChI=1S/C18H24N2O3S/c1-12-7-8-14-11-15(9-10-16(14)19-12)20(24(6,22)23)17(21)13(2)18(3,4)5/h7-11,13H,1-6H3. The van der Waals surface area contributed by atoms with Crippen molar-refractivity contribution in [1.29, 1.82) is 0 Å². The zero-order valence-corrected chi connectivity index (χ0v) is 15.8. The fourth-order valence-corrected chi connectivity index (χ4v) is 3.35. The maximum atomic E-state index is 12.9. The highest BCUT2D eigenvalue weighted by atomic mass is 32.2. The van der Waals surface area contributed by atoms with E-state index in [-0.39, 0.29) is 5.41 Å². The van der Waals surface area contributed by atoms with Crippen LogP contribution in [0.4, 0.5) is 5.69 Å². The zero-order valence-electron chi connectivity index (χ0n) is 15.0. The summed E-state index contributed by atoms with van der Waals surface area (Å²) in [5.41, 5.74) is 1.66. The maximum Gasteiger partial charge on any atom is 0.244 e. The number of nitrogens with zero attached hydrogens (tertiary/aromatic N) is 2. The second-order valence-corrected chi connectivity index (χ2v) is 9.11. The Kier molecular flexibility index (Phi) is 4.72. The monoisotopic (exact) mass is 348 g/mol. The number of benzene rings is 1. The topological polar surface area (TPSA) is 67.3 Å². The molecular formula is C18H24N2O3S. The first-order valence-electron chi connectivity index (χ1n) is 7.83. The molecule has 0 saturated heterocycles. The highest BCUT2D eigenvalue weighted by Crippen LogP contribution is 2.31. The van der Waals surface area contributed by atoms with Crippen LogP contribution in [0.25, 0.3) is 10.9 Å². The van der Waals surface area contributed by atoms with Gasteiger partial charge in [0.05, 0.1) is 17.5 Å². The van der Waals surface area contributed by atoms with Gasteiger partial charge in [0.15, 0.2) is 0 Å². The molecule has 0 radical (unpaired) electrons. The normalized spacial score (nSPS) is 13.8. The second kappa shape index (κ2) is 6.16. The van der Waals surface area contributed by atoms with Crippen molar-refractivity contribution in [3.05, 3.63) is 36.0 Å². The van der Waals surface area contributed by atoms with Crippen molar-refractivity contribution in [3.8, 4) is 0 Å². The predicted octanol–water partition coefficient (Wildman–Crippen LogP) is 3.52.